The van der Waals surface area contributed by atoms with Crippen LogP contribution < -0.4 is 10.6 Å². The normalized spacial score (nSPS) is 11.1. The van der Waals surface area contributed by atoms with Gasteiger partial charge in [0.25, 0.3) is 11.8 Å². The monoisotopic (exact) mass is 390 g/mol. The van der Waals surface area contributed by atoms with Crippen LogP contribution in [0.3, 0.4) is 0 Å². The second kappa shape index (κ2) is 7.63. The van der Waals surface area contributed by atoms with Gasteiger partial charge < -0.3 is 10.6 Å². The molecule has 0 saturated carbocycles. The molecule has 2 N–H and O–H groups in total. The van der Waals surface area contributed by atoms with Crippen LogP contribution in [0.15, 0.2) is 66.0 Å². The number of thiophene rings is 1. The van der Waals surface area contributed by atoms with Crippen molar-refractivity contribution in [3.05, 3.63) is 82.0 Å². The van der Waals surface area contributed by atoms with Gasteiger partial charge in [0.1, 0.15) is 0 Å². The van der Waals surface area contributed by atoms with Gasteiger partial charge in [0, 0.05) is 5.69 Å². The number of anilines is 2. The fraction of sp³-hybridized carbons (Fsp3) is 0.0526. The first-order chi connectivity index (χ1) is 12.8. The van der Waals surface area contributed by atoms with Crippen molar-refractivity contribution < 1.29 is 22.8 Å². The molecule has 0 atom stereocenters. The van der Waals surface area contributed by atoms with Crippen LogP contribution in [0.1, 0.15) is 25.6 Å². The van der Waals surface area contributed by atoms with Crippen LogP contribution in [0.5, 0.6) is 0 Å². The Morgan fingerprint density at radius 1 is 0.852 bits per heavy atom. The minimum Gasteiger partial charge on any atom is -0.322 e. The van der Waals surface area contributed by atoms with Crippen molar-refractivity contribution in [2.75, 3.05) is 10.6 Å². The predicted octanol–water partition coefficient (Wildman–Crippen LogP) is 5.27. The topological polar surface area (TPSA) is 58.2 Å². The van der Waals surface area contributed by atoms with Crippen molar-refractivity contribution in [3.63, 3.8) is 0 Å². The molecular formula is C19H13F3N2O2S. The lowest BCUT2D eigenvalue weighted by Gasteiger charge is -2.12. The van der Waals surface area contributed by atoms with E-state index in [1.165, 1.54) is 29.5 Å². The molecule has 1 heterocycles. The lowest BCUT2D eigenvalue weighted by molar-refractivity contribution is -0.137. The molecule has 3 aromatic rings. The van der Waals surface area contributed by atoms with Gasteiger partial charge in [-0.25, -0.2) is 0 Å². The Kier molecular flexibility index (Phi) is 5.27. The number of carbonyl (C=O) groups is 2. The molecule has 0 aliphatic rings. The third-order valence-electron chi connectivity index (χ3n) is 3.61. The van der Waals surface area contributed by atoms with Crippen LogP contribution in [0.25, 0.3) is 0 Å². The van der Waals surface area contributed by atoms with Gasteiger partial charge >= 0.3 is 6.18 Å². The Morgan fingerprint density at radius 2 is 1.63 bits per heavy atom. The first-order valence-corrected chi connectivity index (χ1v) is 8.65. The van der Waals surface area contributed by atoms with Crippen LogP contribution in [0.2, 0.25) is 0 Å². The molecule has 3 rings (SSSR count). The number of amides is 2. The number of carbonyl (C=O) groups excluding carboxylic acids is 2. The molecule has 0 unspecified atom stereocenters. The summed E-state index contributed by atoms with van der Waals surface area (Å²) in [6, 6.07) is 14.0. The summed E-state index contributed by atoms with van der Waals surface area (Å²) in [4.78, 5) is 25.2. The molecule has 0 spiro atoms. The smallest absolute Gasteiger partial charge is 0.322 e. The summed E-state index contributed by atoms with van der Waals surface area (Å²) in [6.07, 6.45) is -4.51. The van der Waals surface area contributed by atoms with Crippen LogP contribution in [0, 0.1) is 0 Å². The Hall–Kier alpha value is -3.13. The quantitative estimate of drug-likeness (QED) is 0.637. The molecule has 1 aromatic heterocycles. The lowest BCUT2D eigenvalue weighted by Crippen LogP contribution is -2.18. The summed E-state index contributed by atoms with van der Waals surface area (Å²) in [7, 11) is 0. The fourth-order valence-electron chi connectivity index (χ4n) is 2.35. The third kappa shape index (κ3) is 4.53. The Balaban J connectivity index is 1.81. The molecule has 8 heteroatoms. The molecule has 0 fully saturated rings. The maximum absolute atomic E-state index is 12.8. The van der Waals surface area contributed by atoms with Crippen LogP contribution in [-0.2, 0) is 6.18 Å². The van der Waals surface area contributed by atoms with E-state index in [2.05, 4.69) is 10.6 Å². The molecule has 0 radical (unpaired) electrons. The lowest BCUT2D eigenvalue weighted by atomic mass is 10.1. The first kappa shape index (κ1) is 18.7. The number of para-hydroxylation sites is 1. The third-order valence-corrected chi connectivity index (χ3v) is 4.48. The van der Waals surface area contributed by atoms with E-state index in [0.29, 0.717) is 4.88 Å². The molecule has 2 amide bonds. The van der Waals surface area contributed by atoms with E-state index in [1.807, 2.05) is 0 Å². The van der Waals surface area contributed by atoms with Gasteiger partial charge in [-0.1, -0.05) is 24.3 Å². The number of rotatable bonds is 4. The standard InChI is InChI=1S/C19H13F3N2O2S/c20-19(21,22)12-5-3-6-13(11-12)23-17(25)14-7-1-2-8-15(14)24-18(26)16-9-4-10-27-16/h1-11H,(H,23,25)(H,24,26). The van der Waals surface area contributed by atoms with E-state index in [1.54, 1.807) is 35.7 Å². The van der Waals surface area contributed by atoms with Crippen LogP contribution in [0.4, 0.5) is 24.5 Å². The van der Waals surface area contributed by atoms with E-state index in [-0.39, 0.29) is 22.8 Å². The average molecular weight is 390 g/mol. The number of alkyl halides is 3. The molecule has 0 aliphatic carbocycles. The largest absolute Gasteiger partial charge is 0.416 e. The number of hydrogen-bond donors (Lipinski definition) is 2. The van der Waals surface area contributed by atoms with Gasteiger partial charge in [-0.3, -0.25) is 9.59 Å². The Bertz CT molecular complexity index is 969. The summed E-state index contributed by atoms with van der Waals surface area (Å²) in [5.74, 6) is -0.999. The Morgan fingerprint density at radius 3 is 2.33 bits per heavy atom. The minimum atomic E-state index is -4.51. The highest BCUT2D eigenvalue weighted by Gasteiger charge is 2.30. The highest BCUT2D eigenvalue weighted by Crippen LogP contribution is 2.31. The number of benzene rings is 2. The summed E-state index contributed by atoms with van der Waals surface area (Å²) < 4.78 is 38.4. The zero-order valence-electron chi connectivity index (χ0n) is 13.7. The summed E-state index contributed by atoms with van der Waals surface area (Å²) in [5.41, 5.74) is -0.450. The van der Waals surface area contributed by atoms with Crippen molar-refractivity contribution in [1.29, 1.82) is 0 Å². The summed E-state index contributed by atoms with van der Waals surface area (Å²) in [6.45, 7) is 0. The molecule has 138 valence electrons. The van der Waals surface area contributed by atoms with Gasteiger partial charge in [-0.2, -0.15) is 13.2 Å². The van der Waals surface area contributed by atoms with Crippen LogP contribution >= 0.6 is 11.3 Å². The van der Waals surface area contributed by atoms with E-state index in [0.717, 1.165) is 12.1 Å². The maximum Gasteiger partial charge on any atom is 0.416 e. The van der Waals surface area contributed by atoms with Crippen molar-refractivity contribution in [1.82, 2.24) is 0 Å². The number of nitrogens with one attached hydrogen (secondary N) is 2. The second-order valence-electron chi connectivity index (χ2n) is 5.51. The molecule has 0 bridgehead atoms. The molecule has 0 saturated heterocycles. The van der Waals surface area contributed by atoms with Crippen molar-refractivity contribution in [2.45, 2.75) is 6.18 Å². The van der Waals surface area contributed by atoms with Crippen molar-refractivity contribution >= 4 is 34.5 Å². The van der Waals surface area contributed by atoms with Crippen molar-refractivity contribution in [3.8, 4) is 0 Å². The fourth-order valence-corrected chi connectivity index (χ4v) is 2.97. The first-order valence-electron chi connectivity index (χ1n) is 7.77. The van der Waals surface area contributed by atoms with E-state index >= 15 is 0 Å². The van der Waals surface area contributed by atoms with Gasteiger partial charge in [-0.05, 0) is 41.8 Å². The van der Waals surface area contributed by atoms with Crippen LogP contribution in [-0.4, -0.2) is 11.8 Å². The summed E-state index contributed by atoms with van der Waals surface area (Å²) >= 11 is 1.25. The molecular weight excluding hydrogens is 377 g/mol. The number of halogens is 3. The van der Waals surface area contributed by atoms with Gasteiger partial charge in [0.15, 0.2) is 0 Å². The zero-order valence-corrected chi connectivity index (χ0v) is 14.5. The Labute approximate surface area is 156 Å². The van der Waals surface area contributed by atoms with Gasteiger partial charge in [0.05, 0.1) is 21.7 Å². The molecule has 2 aromatic carbocycles. The average Bonchev–Trinajstić information content (AvgIpc) is 3.16. The molecule has 27 heavy (non-hydrogen) atoms. The highest BCUT2D eigenvalue weighted by atomic mass is 32.1. The van der Waals surface area contributed by atoms with Crippen molar-refractivity contribution in [2.24, 2.45) is 0 Å². The minimum absolute atomic E-state index is 0.00853. The van der Waals surface area contributed by atoms with E-state index in [4.69, 9.17) is 0 Å². The predicted molar refractivity (Wildman–Crippen MR) is 98.1 cm³/mol. The number of hydrogen-bond acceptors (Lipinski definition) is 3. The molecule has 4 nitrogen and oxygen atoms in total. The van der Waals surface area contributed by atoms with Gasteiger partial charge in [-0.15, -0.1) is 11.3 Å². The van der Waals surface area contributed by atoms with E-state index in [9.17, 15) is 22.8 Å². The second-order valence-corrected chi connectivity index (χ2v) is 6.46. The highest BCUT2D eigenvalue weighted by molar-refractivity contribution is 7.12. The molecule has 0 aliphatic heterocycles. The maximum atomic E-state index is 12.8. The SMILES string of the molecule is O=C(Nc1ccccc1C(=O)Nc1cccc(C(F)(F)F)c1)c1cccs1. The summed E-state index contributed by atoms with van der Waals surface area (Å²) in [5, 5.41) is 6.83. The van der Waals surface area contributed by atoms with E-state index < -0.39 is 17.6 Å². The zero-order chi connectivity index (χ0) is 19.4. The van der Waals surface area contributed by atoms with Gasteiger partial charge in [0.2, 0.25) is 0 Å².